The van der Waals surface area contributed by atoms with Crippen molar-refractivity contribution in [3.8, 4) is 5.69 Å². The van der Waals surface area contributed by atoms with E-state index in [0.29, 0.717) is 6.61 Å². The topological polar surface area (TPSA) is 84.7 Å². The maximum Gasteiger partial charge on any atom is 0.328 e. The lowest BCUT2D eigenvalue weighted by Gasteiger charge is -2.31. The fourth-order valence-corrected chi connectivity index (χ4v) is 2.48. The Labute approximate surface area is 138 Å². The summed E-state index contributed by atoms with van der Waals surface area (Å²) in [4.78, 5) is 24.8. The highest BCUT2D eigenvalue weighted by Gasteiger charge is 2.31. The third kappa shape index (κ3) is 3.52. The summed E-state index contributed by atoms with van der Waals surface area (Å²) in [5.41, 5.74) is 1.68. The van der Waals surface area contributed by atoms with Gasteiger partial charge in [-0.3, -0.25) is 4.79 Å². The van der Waals surface area contributed by atoms with Gasteiger partial charge in [0.05, 0.1) is 25.1 Å². The van der Waals surface area contributed by atoms with Crippen molar-refractivity contribution in [1.29, 1.82) is 0 Å². The van der Waals surface area contributed by atoms with E-state index in [0.717, 1.165) is 11.3 Å². The molecule has 0 bridgehead atoms. The van der Waals surface area contributed by atoms with Gasteiger partial charge in [0.2, 0.25) is 5.91 Å². The molecule has 1 aliphatic heterocycles. The first-order chi connectivity index (χ1) is 11.6. The number of nitrogens with zero attached hydrogens (tertiary/aromatic N) is 3. The smallest absolute Gasteiger partial charge is 0.328 e. The van der Waals surface area contributed by atoms with Crippen LogP contribution < -0.4 is 0 Å². The van der Waals surface area contributed by atoms with Crippen molar-refractivity contribution in [2.75, 3.05) is 19.8 Å². The average molecular weight is 327 g/mol. The molecule has 1 saturated heterocycles. The fourth-order valence-electron chi connectivity index (χ4n) is 2.48. The van der Waals surface area contributed by atoms with Gasteiger partial charge < -0.3 is 14.7 Å². The number of carboxylic acid groups (broad SMARTS) is 1. The molecule has 7 nitrogen and oxygen atoms in total. The number of hydrogen-bond donors (Lipinski definition) is 1. The van der Waals surface area contributed by atoms with Crippen molar-refractivity contribution in [2.45, 2.75) is 6.04 Å². The molecule has 0 spiro atoms. The summed E-state index contributed by atoms with van der Waals surface area (Å²) in [6.45, 7) is 0.625. The second-order valence-electron chi connectivity index (χ2n) is 5.35. The monoisotopic (exact) mass is 327 g/mol. The number of carbonyl (C=O) groups is 2. The van der Waals surface area contributed by atoms with Crippen LogP contribution in [0.5, 0.6) is 0 Å². The van der Waals surface area contributed by atoms with Crippen LogP contribution in [0.1, 0.15) is 5.56 Å². The molecule has 0 aliphatic carbocycles. The molecule has 1 amide bonds. The molecular formula is C17H17N3O4. The van der Waals surface area contributed by atoms with Crippen LogP contribution in [0.15, 0.2) is 48.8 Å². The van der Waals surface area contributed by atoms with Crippen molar-refractivity contribution in [1.82, 2.24) is 14.7 Å². The van der Waals surface area contributed by atoms with Gasteiger partial charge in [0.25, 0.3) is 0 Å². The fraction of sp³-hybridized carbons (Fsp3) is 0.235. The molecule has 7 heteroatoms. The number of amides is 1. The van der Waals surface area contributed by atoms with Crippen molar-refractivity contribution < 1.29 is 19.4 Å². The van der Waals surface area contributed by atoms with E-state index < -0.39 is 12.0 Å². The molecule has 124 valence electrons. The second kappa shape index (κ2) is 7.10. The van der Waals surface area contributed by atoms with Crippen molar-refractivity contribution in [3.63, 3.8) is 0 Å². The highest BCUT2D eigenvalue weighted by atomic mass is 16.5. The number of morpholine rings is 1. The molecule has 1 N–H and O–H groups in total. The Bertz CT molecular complexity index is 754. The highest BCUT2D eigenvalue weighted by Crippen LogP contribution is 2.11. The van der Waals surface area contributed by atoms with Gasteiger partial charge in [0.1, 0.15) is 0 Å². The second-order valence-corrected chi connectivity index (χ2v) is 5.35. The lowest BCUT2D eigenvalue weighted by atomic mass is 10.2. The molecular weight excluding hydrogens is 310 g/mol. The Morgan fingerprint density at radius 3 is 2.83 bits per heavy atom. The quantitative estimate of drug-likeness (QED) is 0.853. The molecule has 1 aliphatic rings. The van der Waals surface area contributed by atoms with Gasteiger partial charge in [-0.1, -0.05) is 18.2 Å². The summed E-state index contributed by atoms with van der Waals surface area (Å²) in [5, 5.41) is 13.4. The van der Waals surface area contributed by atoms with E-state index in [1.807, 2.05) is 30.3 Å². The standard InChI is InChI=1S/C17H17N3O4/c21-16(19-8-9-24-12-15(19)17(22)23)7-6-13-10-18-20(11-13)14-4-2-1-3-5-14/h1-7,10-11,15H,8-9,12H2,(H,22,23)/b7-6+. The third-order valence-electron chi connectivity index (χ3n) is 3.74. The maximum atomic E-state index is 12.3. The van der Waals surface area contributed by atoms with Crippen LogP contribution in [-0.4, -0.2) is 57.5 Å². The minimum atomic E-state index is -1.06. The summed E-state index contributed by atoms with van der Waals surface area (Å²) < 4.78 is 6.83. The first-order valence-electron chi connectivity index (χ1n) is 7.54. The number of rotatable bonds is 4. The minimum Gasteiger partial charge on any atom is -0.480 e. The molecule has 1 unspecified atom stereocenters. The van der Waals surface area contributed by atoms with E-state index in [1.54, 1.807) is 23.2 Å². The summed E-state index contributed by atoms with van der Waals surface area (Å²) in [7, 11) is 0. The molecule has 0 saturated carbocycles. The summed E-state index contributed by atoms with van der Waals surface area (Å²) in [5.74, 6) is -1.41. The van der Waals surface area contributed by atoms with Crippen LogP contribution in [-0.2, 0) is 14.3 Å². The molecule has 2 aromatic rings. The van der Waals surface area contributed by atoms with Crippen LogP contribution in [0.4, 0.5) is 0 Å². The highest BCUT2D eigenvalue weighted by molar-refractivity contribution is 5.94. The first-order valence-corrected chi connectivity index (χ1v) is 7.54. The number of hydrogen-bond acceptors (Lipinski definition) is 4. The predicted molar refractivity (Wildman–Crippen MR) is 86.6 cm³/mol. The van der Waals surface area contributed by atoms with Crippen LogP contribution in [0.2, 0.25) is 0 Å². The lowest BCUT2D eigenvalue weighted by molar-refractivity contribution is -0.156. The average Bonchev–Trinajstić information content (AvgIpc) is 3.09. The van der Waals surface area contributed by atoms with Crippen LogP contribution >= 0.6 is 0 Å². The Balaban J connectivity index is 1.70. The molecule has 3 rings (SSSR count). The van der Waals surface area contributed by atoms with Gasteiger partial charge in [-0.15, -0.1) is 0 Å². The largest absolute Gasteiger partial charge is 0.480 e. The van der Waals surface area contributed by atoms with Crippen molar-refractivity contribution in [3.05, 3.63) is 54.4 Å². The van der Waals surface area contributed by atoms with Gasteiger partial charge in [0, 0.05) is 24.4 Å². The van der Waals surface area contributed by atoms with Crippen LogP contribution in [0, 0.1) is 0 Å². The molecule has 24 heavy (non-hydrogen) atoms. The third-order valence-corrected chi connectivity index (χ3v) is 3.74. The van der Waals surface area contributed by atoms with Gasteiger partial charge in [-0.25, -0.2) is 9.48 Å². The number of carboxylic acids is 1. The number of benzene rings is 1. The van der Waals surface area contributed by atoms with E-state index in [-0.39, 0.29) is 19.1 Å². The SMILES string of the molecule is O=C(O)C1COCCN1C(=O)/C=C/c1cnn(-c2ccccc2)c1. The van der Waals surface area contributed by atoms with E-state index in [2.05, 4.69) is 5.10 Å². The number of para-hydroxylation sites is 1. The molecule has 1 aromatic carbocycles. The van der Waals surface area contributed by atoms with Gasteiger partial charge in [-0.05, 0) is 18.2 Å². The number of aliphatic carboxylic acids is 1. The zero-order valence-electron chi connectivity index (χ0n) is 12.9. The number of aromatic nitrogens is 2. The number of ether oxygens (including phenoxy) is 1. The zero-order valence-corrected chi connectivity index (χ0v) is 12.9. The van der Waals surface area contributed by atoms with E-state index in [4.69, 9.17) is 9.84 Å². The summed E-state index contributed by atoms with van der Waals surface area (Å²) in [6, 6.07) is 8.67. The van der Waals surface area contributed by atoms with Crippen LogP contribution in [0.3, 0.4) is 0 Å². The molecule has 2 heterocycles. The lowest BCUT2D eigenvalue weighted by Crippen LogP contribution is -2.52. The van der Waals surface area contributed by atoms with Gasteiger partial charge in [0.15, 0.2) is 6.04 Å². The maximum absolute atomic E-state index is 12.3. The Morgan fingerprint density at radius 1 is 1.29 bits per heavy atom. The molecule has 1 aromatic heterocycles. The Morgan fingerprint density at radius 2 is 2.08 bits per heavy atom. The molecule has 0 radical (unpaired) electrons. The van der Waals surface area contributed by atoms with Crippen LogP contribution in [0.25, 0.3) is 11.8 Å². The van der Waals surface area contributed by atoms with Crippen molar-refractivity contribution in [2.24, 2.45) is 0 Å². The molecule has 1 fully saturated rings. The van der Waals surface area contributed by atoms with Gasteiger partial charge in [-0.2, -0.15) is 5.10 Å². The Hall–Kier alpha value is -2.93. The summed E-state index contributed by atoms with van der Waals surface area (Å²) >= 11 is 0. The minimum absolute atomic E-state index is 0.0147. The van der Waals surface area contributed by atoms with Gasteiger partial charge >= 0.3 is 5.97 Å². The first kappa shape index (κ1) is 15.9. The Kier molecular flexibility index (Phi) is 4.72. The van der Waals surface area contributed by atoms with E-state index in [9.17, 15) is 9.59 Å². The summed E-state index contributed by atoms with van der Waals surface area (Å²) in [6.07, 6.45) is 6.44. The van der Waals surface area contributed by atoms with E-state index >= 15 is 0 Å². The number of carbonyl (C=O) groups excluding carboxylic acids is 1. The molecule has 1 atom stereocenters. The normalized spacial score (nSPS) is 18.0. The van der Waals surface area contributed by atoms with E-state index in [1.165, 1.54) is 11.0 Å². The van der Waals surface area contributed by atoms with Crippen molar-refractivity contribution >= 4 is 18.0 Å². The predicted octanol–water partition coefficient (Wildman–Crippen LogP) is 1.20. The zero-order chi connectivity index (χ0) is 16.9.